The predicted molar refractivity (Wildman–Crippen MR) is 103 cm³/mol. The van der Waals surface area contributed by atoms with E-state index in [1.54, 1.807) is 25.1 Å². The number of carbonyl (C=O) groups excluding carboxylic acids is 1. The second-order valence-electron chi connectivity index (χ2n) is 6.27. The van der Waals surface area contributed by atoms with Crippen LogP contribution in [0.2, 0.25) is 0 Å². The van der Waals surface area contributed by atoms with E-state index in [-0.39, 0.29) is 5.91 Å². The minimum atomic E-state index is -3.70. The Bertz CT molecular complexity index is 915. The third-order valence-corrected chi connectivity index (χ3v) is 5.42. The number of amides is 1. The number of nitrogens with one attached hydrogen (secondary N) is 1. The Kier molecular flexibility index (Phi) is 5.55. The molecule has 1 aliphatic rings. The normalized spacial score (nSPS) is 14.3. The number of anilines is 1. The van der Waals surface area contributed by atoms with E-state index in [2.05, 4.69) is 5.32 Å². The predicted octanol–water partition coefficient (Wildman–Crippen LogP) is 1.93. The number of hydrogen-bond acceptors (Lipinski definition) is 5. The van der Waals surface area contributed by atoms with E-state index >= 15 is 0 Å². The fourth-order valence-electron chi connectivity index (χ4n) is 2.91. The molecule has 0 radical (unpaired) electrons. The van der Waals surface area contributed by atoms with Gasteiger partial charge in [0.15, 0.2) is 11.5 Å². The average Bonchev–Trinajstić information content (AvgIpc) is 2.65. The molecule has 0 bridgehead atoms. The summed E-state index contributed by atoms with van der Waals surface area (Å²) in [5, 5.41) is 2.78. The maximum absolute atomic E-state index is 12.6. The van der Waals surface area contributed by atoms with Crippen molar-refractivity contribution in [3.8, 4) is 11.5 Å². The second kappa shape index (κ2) is 7.87. The summed E-state index contributed by atoms with van der Waals surface area (Å²) in [7, 11) is -3.70. The topological polar surface area (TPSA) is 84.9 Å². The van der Waals surface area contributed by atoms with E-state index in [1.807, 2.05) is 30.3 Å². The number of rotatable bonds is 6. The molecule has 144 valence electrons. The standard InChI is InChI=1S/C19H22N2O5S/c1-14(19(22)20-13-15-6-4-3-5-7-15)21(27(2,23)24)16-8-9-17-18(12-16)26-11-10-25-17/h3-9,12,14H,10-11,13H2,1-2H3,(H,20,22)/t14-/m0/s1. The summed E-state index contributed by atoms with van der Waals surface area (Å²) in [6, 6.07) is 13.3. The molecule has 1 aliphatic heterocycles. The first-order valence-corrected chi connectivity index (χ1v) is 10.4. The summed E-state index contributed by atoms with van der Waals surface area (Å²) in [5.41, 5.74) is 1.28. The van der Waals surface area contributed by atoms with Gasteiger partial charge in [-0.05, 0) is 24.6 Å². The second-order valence-corrected chi connectivity index (χ2v) is 8.13. The smallest absolute Gasteiger partial charge is 0.243 e. The first-order chi connectivity index (χ1) is 12.9. The van der Waals surface area contributed by atoms with Gasteiger partial charge >= 0.3 is 0 Å². The van der Waals surface area contributed by atoms with Crippen LogP contribution in [-0.2, 0) is 21.4 Å². The third-order valence-electron chi connectivity index (χ3n) is 4.18. The molecule has 2 aromatic rings. The molecular weight excluding hydrogens is 368 g/mol. The van der Waals surface area contributed by atoms with E-state index in [9.17, 15) is 13.2 Å². The number of sulfonamides is 1. The van der Waals surface area contributed by atoms with Crippen molar-refractivity contribution in [2.75, 3.05) is 23.8 Å². The van der Waals surface area contributed by atoms with Crippen molar-refractivity contribution >= 4 is 21.6 Å². The van der Waals surface area contributed by atoms with Gasteiger partial charge in [-0.25, -0.2) is 8.42 Å². The summed E-state index contributed by atoms with van der Waals surface area (Å²) in [6.07, 6.45) is 1.07. The van der Waals surface area contributed by atoms with Crippen LogP contribution in [0.1, 0.15) is 12.5 Å². The first kappa shape index (κ1) is 19.0. The highest BCUT2D eigenvalue weighted by Gasteiger charge is 2.30. The van der Waals surface area contributed by atoms with Crippen molar-refractivity contribution < 1.29 is 22.7 Å². The Morgan fingerprint density at radius 1 is 1.11 bits per heavy atom. The Hall–Kier alpha value is -2.74. The Labute approximate surface area is 158 Å². The SMILES string of the molecule is C[C@@H](C(=O)NCc1ccccc1)N(c1ccc2c(c1)OCCO2)S(C)(=O)=O. The van der Waals surface area contributed by atoms with Crippen LogP contribution < -0.4 is 19.1 Å². The van der Waals surface area contributed by atoms with Crippen molar-refractivity contribution in [1.82, 2.24) is 5.32 Å². The molecule has 2 aromatic carbocycles. The average molecular weight is 390 g/mol. The van der Waals surface area contributed by atoms with Crippen LogP contribution in [0, 0.1) is 0 Å². The quantitative estimate of drug-likeness (QED) is 0.815. The molecule has 0 saturated carbocycles. The van der Waals surface area contributed by atoms with E-state index in [0.717, 1.165) is 16.1 Å². The largest absolute Gasteiger partial charge is 0.486 e. The van der Waals surface area contributed by atoms with Gasteiger partial charge in [-0.15, -0.1) is 0 Å². The summed E-state index contributed by atoms with van der Waals surface area (Å²) in [4.78, 5) is 12.6. The number of nitrogens with zero attached hydrogens (tertiary/aromatic N) is 1. The molecule has 1 N–H and O–H groups in total. The number of ether oxygens (including phenoxy) is 2. The highest BCUT2D eigenvalue weighted by molar-refractivity contribution is 7.92. The lowest BCUT2D eigenvalue weighted by Gasteiger charge is -2.29. The Balaban J connectivity index is 1.81. The summed E-state index contributed by atoms with van der Waals surface area (Å²) >= 11 is 0. The van der Waals surface area contributed by atoms with Gasteiger partial charge < -0.3 is 14.8 Å². The van der Waals surface area contributed by atoms with Gasteiger partial charge in [-0.1, -0.05) is 30.3 Å². The van der Waals surface area contributed by atoms with Crippen LogP contribution in [0.15, 0.2) is 48.5 Å². The Morgan fingerprint density at radius 3 is 2.44 bits per heavy atom. The first-order valence-electron chi connectivity index (χ1n) is 8.57. The molecule has 1 heterocycles. The van der Waals surface area contributed by atoms with Crippen LogP contribution in [0.25, 0.3) is 0 Å². The van der Waals surface area contributed by atoms with Gasteiger partial charge in [0.1, 0.15) is 19.3 Å². The lowest BCUT2D eigenvalue weighted by atomic mass is 10.2. The molecule has 27 heavy (non-hydrogen) atoms. The molecule has 3 rings (SSSR count). The van der Waals surface area contributed by atoms with E-state index in [1.165, 1.54) is 0 Å². The third kappa shape index (κ3) is 4.51. The number of hydrogen-bond donors (Lipinski definition) is 1. The monoisotopic (exact) mass is 390 g/mol. The Morgan fingerprint density at radius 2 is 1.78 bits per heavy atom. The van der Waals surface area contributed by atoms with Crippen molar-refractivity contribution in [3.63, 3.8) is 0 Å². The molecule has 0 saturated heterocycles. The number of fused-ring (bicyclic) bond motifs is 1. The molecule has 8 heteroatoms. The maximum Gasteiger partial charge on any atom is 0.243 e. The molecule has 0 fully saturated rings. The lowest BCUT2D eigenvalue weighted by Crippen LogP contribution is -2.47. The maximum atomic E-state index is 12.6. The van der Waals surface area contributed by atoms with Crippen molar-refractivity contribution in [1.29, 1.82) is 0 Å². The van der Waals surface area contributed by atoms with Gasteiger partial charge in [0.2, 0.25) is 15.9 Å². The fraction of sp³-hybridized carbons (Fsp3) is 0.316. The van der Waals surface area contributed by atoms with Crippen molar-refractivity contribution in [2.45, 2.75) is 19.5 Å². The van der Waals surface area contributed by atoms with Crippen LogP contribution >= 0.6 is 0 Å². The van der Waals surface area contributed by atoms with E-state index in [0.29, 0.717) is 36.9 Å². The number of carbonyl (C=O) groups is 1. The van der Waals surface area contributed by atoms with Gasteiger partial charge in [-0.3, -0.25) is 9.10 Å². The minimum absolute atomic E-state index is 0.322. The number of benzene rings is 2. The summed E-state index contributed by atoms with van der Waals surface area (Å²) < 4.78 is 36.9. The molecule has 0 spiro atoms. The van der Waals surface area contributed by atoms with Crippen LogP contribution in [-0.4, -0.2) is 39.8 Å². The molecule has 0 aromatic heterocycles. The van der Waals surface area contributed by atoms with Gasteiger partial charge in [0.05, 0.1) is 11.9 Å². The zero-order valence-corrected chi connectivity index (χ0v) is 16.0. The fourth-order valence-corrected chi connectivity index (χ4v) is 4.08. The van der Waals surface area contributed by atoms with Gasteiger partial charge in [-0.2, -0.15) is 0 Å². The van der Waals surface area contributed by atoms with Gasteiger partial charge in [0, 0.05) is 12.6 Å². The molecule has 1 atom stereocenters. The van der Waals surface area contributed by atoms with Crippen LogP contribution in [0.4, 0.5) is 5.69 Å². The summed E-state index contributed by atoms with van der Waals surface area (Å²) in [6.45, 7) is 2.71. The summed E-state index contributed by atoms with van der Waals surface area (Å²) in [5.74, 6) is 0.628. The molecular formula is C19H22N2O5S. The highest BCUT2D eigenvalue weighted by atomic mass is 32.2. The van der Waals surface area contributed by atoms with Crippen LogP contribution in [0.3, 0.4) is 0 Å². The lowest BCUT2D eigenvalue weighted by molar-refractivity contribution is -0.122. The molecule has 7 nitrogen and oxygen atoms in total. The van der Waals surface area contributed by atoms with E-state index < -0.39 is 16.1 Å². The minimum Gasteiger partial charge on any atom is -0.486 e. The highest BCUT2D eigenvalue weighted by Crippen LogP contribution is 2.35. The van der Waals surface area contributed by atoms with Crippen LogP contribution in [0.5, 0.6) is 11.5 Å². The van der Waals surface area contributed by atoms with E-state index in [4.69, 9.17) is 9.47 Å². The molecule has 0 aliphatic carbocycles. The molecule has 1 amide bonds. The van der Waals surface area contributed by atoms with Crippen molar-refractivity contribution in [3.05, 3.63) is 54.1 Å². The zero-order valence-electron chi connectivity index (χ0n) is 15.2. The molecule has 0 unspecified atom stereocenters. The van der Waals surface area contributed by atoms with Gasteiger partial charge in [0.25, 0.3) is 0 Å². The zero-order chi connectivity index (χ0) is 19.4. The van der Waals surface area contributed by atoms with Crippen molar-refractivity contribution in [2.24, 2.45) is 0 Å².